The van der Waals surface area contributed by atoms with Crippen molar-refractivity contribution in [2.45, 2.75) is 19.3 Å². The second-order valence-electron chi connectivity index (χ2n) is 7.46. The fourth-order valence-corrected chi connectivity index (χ4v) is 3.72. The number of nitrogens with one attached hydrogen (secondary N) is 1. The second kappa shape index (κ2) is 9.87. The number of anilines is 3. The molecule has 4 rings (SSSR count). The monoisotopic (exact) mass is 401 g/mol. The highest BCUT2D eigenvalue weighted by Gasteiger charge is 2.19. The Labute approximate surface area is 177 Å². The molecule has 0 bridgehead atoms. The first-order valence-electron chi connectivity index (χ1n) is 10.5. The largest absolute Gasteiger partial charge is 0.368 e. The lowest BCUT2D eigenvalue weighted by Gasteiger charge is -2.36. The second-order valence-corrected chi connectivity index (χ2v) is 7.46. The fourth-order valence-electron chi connectivity index (χ4n) is 3.72. The molecule has 0 atom stereocenters. The molecule has 0 unspecified atom stereocenters. The molecule has 30 heavy (non-hydrogen) atoms. The first kappa shape index (κ1) is 19.9. The Balaban J connectivity index is 1.27. The Bertz CT molecular complexity index is 940. The molecule has 0 radical (unpaired) electrons. The zero-order chi connectivity index (χ0) is 20.6. The topological polar surface area (TPSA) is 61.4 Å². The highest BCUT2D eigenvalue weighted by Crippen LogP contribution is 2.20. The lowest BCUT2D eigenvalue weighted by Crippen LogP contribution is -2.46. The number of hydrogen-bond acceptors (Lipinski definition) is 5. The van der Waals surface area contributed by atoms with Gasteiger partial charge >= 0.3 is 0 Å². The lowest BCUT2D eigenvalue weighted by atomic mass is 10.1. The third kappa shape index (κ3) is 5.35. The van der Waals surface area contributed by atoms with Crippen LogP contribution in [-0.4, -0.2) is 42.1 Å². The number of amides is 1. The number of carbonyl (C=O) groups is 1. The summed E-state index contributed by atoms with van der Waals surface area (Å²) in [6.45, 7) is 3.65. The van der Waals surface area contributed by atoms with Crippen molar-refractivity contribution in [3.05, 3.63) is 78.6 Å². The van der Waals surface area contributed by atoms with Crippen molar-refractivity contribution in [2.24, 2.45) is 0 Å². The first-order valence-corrected chi connectivity index (χ1v) is 10.5. The van der Waals surface area contributed by atoms with Crippen LogP contribution in [0, 0.1) is 0 Å². The minimum absolute atomic E-state index is 0.00974. The van der Waals surface area contributed by atoms with E-state index in [1.54, 1.807) is 0 Å². The van der Waals surface area contributed by atoms with Gasteiger partial charge in [0.05, 0.1) is 0 Å². The summed E-state index contributed by atoms with van der Waals surface area (Å²) in [5.74, 6) is 1.41. The standard InChI is InChI=1S/C24H27N5O/c30-24(13-7-10-20-8-3-1-4-9-20)27-22-18-23(26-19-25-22)29-16-14-28(15-17-29)21-11-5-2-6-12-21/h1-6,8-9,11-12,18-19H,7,10,13-17H2,(H,25,26,27,30). The number of aryl methyl sites for hydroxylation is 1. The van der Waals surface area contributed by atoms with Crippen LogP contribution in [-0.2, 0) is 11.2 Å². The van der Waals surface area contributed by atoms with Crippen molar-refractivity contribution in [3.63, 3.8) is 0 Å². The number of para-hydroxylation sites is 1. The Morgan fingerprint density at radius 2 is 1.53 bits per heavy atom. The molecule has 1 N–H and O–H groups in total. The summed E-state index contributed by atoms with van der Waals surface area (Å²) in [5.41, 5.74) is 2.51. The van der Waals surface area contributed by atoms with E-state index in [0.29, 0.717) is 12.2 Å². The molecule has 3 aromatic rings. The van der Waals surface area contributed by atoms with E-state index in [1.807, 2.05) is 30.3 Å². The van der Waals surface area contributed by atoms with Gasteiger partial charge in [0.25, 0.3) is 0 Å². The van der Waals surface area contributed by atoms with Gasteiger partial charge in [-0.25, -0.2) is 9.97 Å². The van der Waals surface area contributed by atoms with E-state index < -0.39 is 0 Å². The van der Waals surface area contributed by atoms with Crippen molar-refractivity contribution in [2.75, 3.05) is 41.3 Å². The molecule has 0 saturated carbocycles. The van der Waals surface area contributed by atoms with Crippen LogP contribution in [0.3, 0.4) is 0 Å². The molecule has 2 heterocycles. The summed E-state index contributed by atoms with van der Waals surface area (Å²) in [6.07, 6.45) is 3.71. The molecular weight excluding hydrogens is 374 g/mol. The van der Waals surface area contributed by atoms with E-state index in [0.717, 1.165) is 44.8 Å². The third-order valence-corrected chi connectivity index (χ3v) is 5.36. The van der Waals surface area contributed by atoms with Gasteiger partial charge in [0.15, 0.2) is 0 Å². The van der Waals surface area contributed by atoms with E-state index in [-0.39, 0.29) is 5.91 Å². The van der Waals surface area contributed by atoms with Gasteiger partial charge in [-0.2, -0.15) is 0 Å². The van der Waals surface area contributed by atoms with Gasteiger partial charge in [-0.05, 0) is 30.5 Å². The highest BCUT2D eigenvalue weighted by atomic mass is 16.1. The average molecular weight is 402 g/mol. The number of hydrogen-bond donors (Lipinski definition) is 1. The SMILES string of the molecule is O=C(CCCc1ccccc1)Nc1cc(N2CCN(c3ccccc3)CC2)ncn1. The first-order chi connectivity index (χ1) is 14.8. The number of piperazine rings is 1. The summed E-state index contributed by atoms with van der Waals surface area (Å²) in [7, 11) is 0. The minimum Gasteiger partial charge on any atom is -0.368 e. The Hall–Kier alpha value is -3.41. The van der Waals surface area contributed by atoms with Gasteiger partial charge in [0, 0.05) is 44.4 Å². The fraction of sp³-hybridized carbons (Fsp3) is 0.292. The van der Waals surface area contributed by atoms with Gasteiger partial charge in [-0.3, -0.25) is 4.79 Å². The summed E-state index contributed by atoms with van der Waals surface area (Å²) < 4.78 is 0. The minimum atomic E-state index is -0.00974. The van der Waals surface area contributed by atoms with Crippen LogP contribution >= 0.6 is 0 Å². The smallest absolute Gasteiger partial charge is 0.225 e. The predicted molar refractivity (Wildman–Crippen MR) is 121 cm³/mol. The van der Waals surface area contributed by atoms with Gasteiger partial charge < -0.3 is 15.1 Å². The van der Waals surface area contributed by atoms with Crippen molar-refractivity contribution in [1.82, 2.24) is 9.97 Å². The molecule has 154 valence electrons. The zero-order valence-corrected chi connectivity index (χ0v) is 17.1. The molecule has 6 heteroatoms. The van der Waals surface area contributed by atoms with Gasteiger partial charge in [-0.15, -0.1) is 0 Å². The van der Waals surface area contributed by atoms with E-state index in [1.165, 1.54) is 17.6 Å². The van der Waals surface area contributed by atoms with Crippen LogP contribution in [0.1, 0.15) is 18.4 Å². The maximum atomic E-state index is 12.3. The highest BCUT2D eigenvalue weighted by molar-refractivity contribution is 5.90. The van der Waals surface area contributed by atoms with Crippen LogP contribution in [0.5, 0.6) is 0 Å². The van der Waals surface area contributed by atoms with Crippen LogP contribution < -0.4 is 15.1 Å². The molecule has 0 aliphatic carbocycles. The van der Waals surface area contributed by atoms with Crippen LogP contribution in [0.15, 0.2) is 73.1 Å². The molecule has 2 aromatic carbocycles. The summed E-state index contributed by atoms with van der Waals surface area (Å²) in [6, 6.07) is 22.6. The Morgan fingerprint density at radius 3 is 2.27 bits per heavy atom. The van der Waals surface area contributed by atoms with E-state index in [2.05, 4.69) is 61.5 Å². The quantitative estimate of drug-likeness (QED) is 0.653. The molecule has 1 fully saturated rings. The van der Waals surface area contributed by atoms with Gasteiger partial charge in [0.2, 0.25) is 5.91 Å². The molecule has 1 aliphatic heterocycles. The molecule has 0 spiro atoms. The van der Waals surface area contributed by atoms with Crippen molar-refractivity contribution in [1.29, 1.82) is 0 Å². The number of nitrogens with zero attached hydrogens (tertiary/aromatic N) is 4. The normalized spacial score (nSPS) is 13.9. The summed E-state index contributed by atoms with van der Waals surface area (Å²) in [4.78, 5) is 25.6. The van der Waals surface area contributed by atoms with Gasteiger partial charge in [0.1, 0.15) is 18.0 Å². The molecule has 1 amide bonds. The molecule has 1 aromatic heterocycles. The zero-order valence-electron chi connectivity index (χ0n) is 17.1. The van der Waals surface area contributed by atoms with Crippen molar-refractivity contribution in [3.8, 4) is 0 Å². The maximum Gasteiger partial charge on any atom is 0.225 e. The van der Waals surface area contributed by atoms with E-state index in [9.17, 15) is 4.79 Å². The summed E-state index contributed by atoms with van der Waals surface area (Å²) in [5, 5.41) is 2.92. The number of rotatable bonds is 7. The van der Waals surface area contributed by atoms with Crippen molar-refractivity contribution >= 4 is 23.2 Å². The van der Waals surface area contributed by atoms with Crippen LogP contribution in [0.4, 0.5) is 17.3 Å². The van der Waals surface area contributed by atoms with E-state index >= 15 is 0 Å². The Morgan fingerprint density at radius 1 is 0.867 bits per heavy atom. The van der Waals surface area contributed by atoms with Gasteiger partial charge in [-0.1, -0.05) is 48.5 Å². The van der Waals surface area contributed by atoms with Crippen LogP contribution in [0.2, 0.25) is 0 Å². The third-order valence-electron chi connectivity index (χ3n) is 5.36. The number of benzene rings is 2. The van der Waals surface area contributed by atoms with Crippen molar-refractivity contribution < 1.29 is 4.79 Å². The lowest BCUT2D eigenvalue weighted by molar-refractivity contribution is -0.116. The molecule has 1 saturated heterocycles. The number of aromatic nitrogens is 2. The predicted octanol–water partition coefficient (Wildman–Crippen LogP) is 3.76. The molecule has 6 nitrogen and oxygen atoms in total. The molecular formula is C24H27N5O. The molecule has 1 aliphatic rings. The summed E-state index contributed by atoms with van der Waals surface area (Å²) >= 11 is 0. The van der Waals surface area contributed by atoms with E-state index in [4.69, 9.17) is 0 Å². The maximum absolute atomic E-state index is 12.3. The number of carbonyl (C=O) groups excluding carboxylic acids is 1. The average Bonchev–Trinajstić information content (AvgIpc) is 2.81. The van der Waals surface area contributed by atoms with Crippen LogP contribution in [0.25, 0.3) is 0 Å². The Kier molecular flexibility index (Phi) is 6.54.